The molecule has 0 atom stereocenters. The van der Waals surface area contributed by atoms with Crippen LogP contribution in [-0.2, 0) is 10.0 Å². The molecule has 3 rings (SSSR count). The highest BCUT2D eigenvalue weighted by molar-refractivity contribution is 7.92. The first-order valence-corrected chi connectivity index (χ1v) is 11.0. The lowest BCUT2D eigenvalue weighted by Crippen LogP contribution is -2.32. The van der Waals surface area contributed by atoms with Gasteiger partial charge in [-0.05, 0) is 62.1 Å². The maximum absolute atomic E-state index is 12.8. The van der Waals surface area contributed by atoms with E-state index < -0.39 is 10.0 Å². The van der Waals surface area contributed by atoms with Gasteiger partial charge in [0.2, 0.25) is 0 Å². The molecule has 28 heavy (non-hydrogen) atoms. The molecule has 1 N–H and O–H groups in total. The number of ether oxygens (including phenoxy) is 1. The summed E-state index contributed by atoms with van der Waals surface area (Å²) in [5, 5.41) is 0.376. The smallest absolute Gasteiger partial charge is 0.262 e. The minimum Gasteiger partial charge on any atom is -0.495 e. The van der Waals surface area contributed by atoms with Crippen LogP contribution in [-0.4, -0.2) is 39.4 Å². The summed E-state index contributed by atoms with van der Waals surface area (Å²) in [7, 11) is -2.48. The van der Waals surface area contributed by atoms with Crippen molar-refractivity contribution in [2.75, 3.05) is 24.9 Å². The van der Waals surface area contributed by atoms with Crippen LogP contribution in [0.25, 0.3) is 0 Å². The molecule has 6 nitrogen and oxygen atoms in total. The first-order valence-electron chi connectivity index (χ1n) is 9.09. The normalized spacial score (nSPS) is 13.8. The molecule has 2 aromatic carbocycles. The van der Waals surface area contributed by atoms with Gasteiger partial charge in [0.1, 0.15) is 5.75 Å². The molecule has 0 aliphatic heterocycles. The molecule has 1 aliphatic carbocycles. The zero-order valence-corrected chi connectivity index (χ0v) is 17.4. The Morgan fingerprint density at radius 1 is 1.25 bits per heavy atom. The highest BCUT2D eigenvalue weighted by Crippen LogP contribution is 2.31. The minimum absolute atomic E-state index is 0.00264. The quantitative estimate of drug-likeness (QED) is 0.697. The average molecular weight is 423 g/mol. The van der Waals surface area contributed by atoms with Crippen molar-refractivity contribution in [1.82, 2.24) is 4.90 Å². The van der Waals surface area contributed by atoms with Crippen LogP contribution in [0.4, 0.5) is 5.69 Å². The number of rotatable bonds is 8. The number of halogens is 1. The summed E-state index contributed by atoms with van der Waals surface area (Å²) in [4.78, 5) is 14.6. The molecule has 150 valence electrons. The van der Waals surface area contributed by atoms with Gasteiger partial charge >= 0.3 is 0 Å². The Balaban J connectivity index is 1.86. The van der Waals surface area contributed by atoms with Gasteiger partial charge in [-0.15, -0.1) is 0 Å². The van der Waals surface area contributed by atoms with Gasteiger partial charge < -0.3 is 9.64 Å². The predicted molar refractivity (Wildman–Crippen MR) is 110 cm³/mol. The maximum atomic E-state index is 12.8. The fraction of sp³-hybridized carbons (Fsp3) is 0.350. The van der Waals surface area contributed by atoms with E-state index in [2.05, 4.69) is 4.72 Å². The number of hydrogen-bond donors (Lipinski definition) is 1. The maximum Gasteiger partial charge on any atom is 0.262 e. The van der Waals surface area contributed by atoms with Gasteiger partial charge in [0.25, 0.3) is 15.9 Å². The standard InChI is InChI=1S/C20H23ClN2O4S/c1-3-23(13-14-7-8-14)20(24)15-5-4-6-17(11-15)28(25,26)22-18-12-16(21)9-10-19(18)27-2/h4-6,9-12,14,22H,3,7-8,13H2,1-2H3. The lowest BCUT2D eigenvalue weighted by atomic mass is 10.2. The molecule has 0 bridgehead atoms. The second-order valence-corrected chi connectivity index (χ2v) is 8.88. The third-order valence-electron chi connectivity index (χ3n) is 4.64. The van der Waals surface area contributed by atoms with Gasteiger partial charge in [0, 0.05) is 23.7 Å². The molecule has 0 spiro atoms. The van der Waals surface area contributed by atoms with Gasteiger partial charge in [-0.3, -0.25) is 9.52 Å². The van der Waals surface area contributed by atoms with Crippen LogP contribution in [0.1, 0.15) is 30.1 Å². The van der Waals surface area contributed by atoms with E-state index >= 15 is 0 Å². The van der Waals surface area contributed by atoms with Crippen LogP contribution in [0, 0.1) is 5.92 Å². The van der Waals surface area contributed by atoms with Crippen molar-refractivity contribution in [2.24, 2.45) is 5.92 Å². The van der Waals surface area contributed by atoms with Crippen LogP contribution in [0.3, 0.4) is 0 Å². The van der Waals surface area contributed by atoms with Crippen molar-refractivity contribution in [3.05, 3.63) is 53.1 Å². The van der Waals surface area contributed by atoms with Crippen molar-refractivity contribution in [2.45, 2.75) is 24.7 Å². The molecule has 0 unspecified atom stereocenters. The van der Waals surface area contributed by atoms with Crippen LogP contribution in [0.15, 0.2) is 47.4 Å². The first-order chi connectivity index (χ1) is 13.3. The molecule has 1 saturated carbocycles. The van der Waals surface area contributed by atoms with E-state index in [1.807, 2.05) is 6.92 Å². The predicted octanol–water partition coefficient (Wildman–Crippen LogP) is 4.02. The average Bonchev–Trinajstić information content (AvgIpc) is 3.50. The van der Waals surface area contributed by atoms with Crippen molar-refractivity contribution in [1.29, 1.82) is 0 Å². The molecular weight excluding hydrogens is 400 g/mol. The van der Waals surface area contributed by atoms with Gasteiger partial charge in [-0.1, -0.05) is 17.7 Å². The van der Waals surface area contributed by atoms with E-state index in [1.165, 1.54) is 25.3 Å². The van der Waals surface area contributed by atoms with Gasteiger partial charge in [-0.2, -0.15) is 0 Å². The Hall–Kier alpha value is -2.25. The number of hydrogen-bond acceptors (Lipinski definition) is 4. The third-order valence-corrected chi connectivity index (χ3v) is 6.24. The molecule has 0 radical (unpaired) electrons. The molecule has 2 aromatic rings. The second kappa shape index (κ2) is 8.41. The fourth-order valence-electron chi connectivity index (χ4n) is 2.91. The number of nitrogens with zero attached hydrogens (tertiary/aromatic N) is 1. The summed E-state index contributed by atoms with van der Waals surface area (Å²) in [6, 6.07) is 10.7. The lowest BCUT2D eigenvalue weighted by Gasteiger charge is -2.21. The molecule has 1 aliphatic rings. The Kier molecular flexibility index (Phi) is 6.15. The topological polar surface area (TPSA) is 75.7 Å². The van der Waals surface area contributed by atoms with Gasteiger partial charge in [-0.25, -0.2) is 8.42 Å². The summed E-state index contributed by atoms with van der Waals surface area (Å²) in [5.74, 6) is 0.751. The van der Waals surface area contributed by atoms with E-state index in [1.54, 1.807) is 29.2 Å². The molecule has 8 heteroatoms. The Morgan fingerprint density at radius 3 is 2.64 bits per heavy atom. The van der Waals surface area contributed by atoms with E-state index in [0.717, 1.165) is 12.8 Å². The Morgan fingerprint density at radius 2 is 2.00 bits per heavy atom. The zero-order valence-electron chi connectivity index (χ0n) is 15.8. The molecule has 1 amide bonds. The van der Waals surface area contributed by atoms with Gasteiger partial charge in [0.05, 0.1) is 17.7 Å². The highest BCUT2D eigenvalue weighted by atomic mass is 35.5. The molecule has 1 fully saturated rings. The van der Waals surface area contributed by atoms with Crippen molar-refractivity contribution in [3.63, 3.8) is 0 Å². The van der Waals surface area contributed by atoms with E-state index in [0.29, 0.717) is 35.3 Å². The number of benzene rings is 2. The molecular formula is C20H23ClN2O4S. The number of nitrogens with one attached hydrogen (secondary N) is 1. The number of carbonyl (C=O) groups is 1. The number of methoxy groups -OCH3 is 1. The van der Waals surface area contributed by atoms with E-state index in [4.69, 9.17) is 16.3 Å². The van der Waals surface area contributed by atoms with Crippen molar-refractivity contribution >= 4 is 33.2 Å². The molecule has 0 aromatic heterocycles. The van der Waals surface area contributed by atoms with Crippen LogP contribution in [0.5, 0.6) is 5.75 Å². The highest BCUT2D eigenvalue weighted by Gasteiger charge is 2.27. The second-order valence-electron chi connectivity index (χ2n) is 6.77. The molecule has 0 saturated heterocycles. The first kappa shape index (κ1) is 20.5. The van der Waals surface area contributed by atoms with E-state index in [9.17, 15) is 13.2 Å². The number of amides is 1. The lowest BCUT2D eigenvalue weighted by molar-refractivity contribution is 0.0756. The fourth-order valence-corrected chi connectivity index (χ4v) is 4.19. The SMILES string of the molecule is CCN(CC1CC1)C(=O)c1cccc(S(=O)(=O)Nc2cc(Cl)ccc2OC)c1. The monoisotopic (exact) mass is 422 g/mol. The van der Waals surface area contributed by atoms with Gasteiger partial charge in [0.15, 0.2) is 0 Å². The van der Waals surface area contributed by atoms with Crippen LogP contribution < -0.4 is 9.46 Å². The summed E-state index contributed by atoms with van der Waals surface area (Å²) in [5.41, 5.74) is 0.582. The summed E-state index contributed by atoms with van der Waals surface area (Å²) in [6.07, 6.45) is 2.28. The van der Waals surface area contributed by atoms with Crippen LogP contribution in [0.2, 0.25) is 5.02 Å². The van der Waals surface area contributed by atoms with E-state index in [-0.39, 0.29) is 16.5 Å². The minimum atomic E-state index is -3.92. The van der Waals surface area contributed by atoms with Crippen molar-refractivity contribution in [3.8, 4) is 5.75 Å². The summed E-state index contributed by atoms with van der Waals surface area (Å²) < 4.78 is 33.4. The number of carbonyl (C=O) groups excluding carboxylic acids is 1. The number of sulfonamides is 1. The Labute approximate surface area is 170 Å². The zero-order chi connectivity index (χ0) is 20.3. The third kappa shape index (κ3) is 4.77. The summed E-state index contributed by atoms with van der Waals surface area (Å²) >= 11 is 5.97. The molecule has 0 heterocycles. The van der Waals surface area contributed by atoms with Crippen molar-refractivity contribution < 1.29 is 17.9 Å². The largest absolute Gasteiger partial charge is 0.495 e. The number of anilines is 1. The Bertz CT molecular complexity index is 974. The van der Waals surface area contributed by atoms with Crippen LogP contribution >= 0.6 is 11.6 Å². The summed E-state index contributed by atoms with van der Waals surface area (Å²) in [6.45, 7) is 3.22.